The van der Waals surface area contributed by atoms with Gasteiger partial charge in [0.2, 0.25) is 5.82 Å². The molecule has 3 amide bonds. The van der Waals surface area contributed by atoms with Crippen LogP contribution in [0.2, 0.25) is 0 Å². The van der Waals surface area contributed by atoms with E-state index in [-0.39, 0.29) is 43.5 Å². The van der Waals surface area contributed by atoms with Crippen LogP contribution in [0.5, 0.6) is 11.5 Å². The summed E-state index contributed by atoms with van der Waals surface area (Å²) in [4.78, 5) is 54.0. The van der Waals surface area contributed by atoms with Crippen molar-refractivity contribution in [3.63, 3.8) is 0 Å². The fourth-order valence-electron chi connectivity index (χ4n) is 4.87. The predicted octanol–water partition coefficient (Wildman–Crippen LogP) is 1.61. The van der Waals surface area contributed by atoms with Crippen LogP contribution in [0.4, 0.5) is 4.39 Å². The van der Waals surface area contributed by atoms with E-state index >= 15 is 0 Å². The number of halogens is 1. The highest BCUT2D eigenvalue weighted by atomic mass is 19.1. The van der Waals surface area contributed by atoms with Gasteiger partial charge in [0.25, 0.3) is 17.7 Å². The van der Waals surface area contributed by atoms with Gasteiger partial charge in [0.15, 0.2) is 6.61 Å². The molecule has 12 nitrogen and oxygen atoms in total. The van der Waals surface area contributed by atoms with E-state index in [1.54, 1.807) is 54.6 Å². The summed E-state index contributed by atoms with van der Waals surface area (Å²) in [5.41, 5.74) is 1.20. The van der Waals surface area contributed by atoms with Gasteiger partial charge in [0.05, 0.1) is 18.2 Å². The number of fused-ring (bicyclic) bond motifs is 7. The molecular formula is C29H25FN6O6. The number of nitrogens with zero attached hydrogens (tertiary/aromatic N) is 2. The second-order valence-electron chi connectivity index (χ2n) is 9.90. The Kier molecular flexibility index (Phi) is 7.13. The molecule has 0 spiro atoms. The maximum absolute atomic E-state index is 14.9. The number of aromatic amines is 2. The Morgan fingerprint density at radius 1 is 0.952 bits per heavy atom. The van der Waals surface area contributed by atoms with E-state index in [9.17, 15) is 23.6 Å². The summed E-state index contributed by atoms with van der Waals surface area (Å²) >= 11 is 0. The summed E-state index contributed by atoms with van der Waals surface area (Å²) in [6.07, 6.45) is -0.709. The summed E-state index contributed by atoms with van der Waals surface area (Å²) in [5.74, 6) is -1.58. The Morgan fingerprint density at radius 3 is 2.55 bits per heavy atom. The SMILES string of the molecule is O=C1COc2cccc(c2)-c2ccc(F)c(c2)C(=O)N[C@H]2CN(C(=O)c3n[nH]c(=O)[nH]3)C[C@@H]2Oc2ccc(cc2)CN1. The second kappa shape index (κ2) is 11.2. The predicted molar refractivity (Wildman–Crippen MR) is 146 cm³/mol. The lowest BCUT2D eigenvalue weighted by Crippen LogP contribution is -2.45. The molecule has 0 radical (unpaired) electrons. The topological polar surface area (TPSA) is 159 Å². The molecule has 0 aliphatic carbocycles. The van der Waals surface area contributed by atoms with Crippen LogP contribution in [0.3, 0.4) is 0 Å². The number of benzene rings is 3. The Labute approximate surface area is 237 Å². The average molecular weight is 573 g/mol. The largest absolute Gasteiger partial charge is 0.486 e. The number of H-pyrrole nitrogens is 2. The molecule has 4 aromatic rings. The minimum absolute atomic E-state index is 0.0228. The van der Waals surface area contributed by atoms with Crippen molar-refractivity contribution in [1.29, 1.82) is 0 Å². The third kappa shape index (κ3) is 5.70. The van der Waals surface area contributed by atoms with Gasteiger partial charge >= 0.3 is 5.69 Å². The van der Waals surface area contributed by atoms with Crippen LogP contribution in [0.15, 0.2) is 71.5 Å². The lowest BCUT2D eigenvalue weighted by molar-refractivity contribution is -0.123. The quantitative estimate of drug-likeness (QED) is 0.270. The molecule has 3 aromatic carbocycles. The molecule has 13 heteroatoms. The lowest BCUT2D eigenvalue weighted by Gasteiger charge is -2.21. The molecule has 4 N–H and O–H groups in total. The molecule has 3 aliphatic rings. The number of aromatic nitrogens is 3. The van der Waals surface area contributed by atoms with Crippen molar-refractivity contribution < 1.29 is 28.2 Å². The number of carbonyl (C=O) groups excluding carboxylic acids is 3. The first-order valence-electron chi connectivity index (χ1n) is 13.1. The zero-order valence-electron chi connectivity index (χ0n) is 22.1. The van der Waals surface area contributed by atoms with Crippen LogP contribution < -0.4 is 25.8 Å². The standard InChI is InChI=1S/C29H25FN6O6/c30-22-9-6-18-11-21(22)27(38)32-23-13-36(28(39)26-33-29(40)35-34-26)14-24(23)42-19-7-4-16(5-8-19)12-31-25(37)15-41-20-3-1-2-17(18)10-20/h1-11,23-24H,12-15H2,(H,31,37)(H,32,38)(H2,33,34,35,40)/t23-,24-/m0/s1. The number of rotatable bonds is 1. The van der Waals surface area contributed by atoms with Crippen molar-refractivity contribution in [3.8, 4) is 22.6 Å². The highest BCUT2D eigenvalue weighted by Crippen LogP contribution is 2.27. The van der Waals surface area contributed by atoms with E-state index in [1.807, 2.05) is 0 Å². The monoisotopic (exact) mass is 572 g/mol. The molecule has 1 aromatic heterocycles. The molecule has 4 heterocycles. The fourth-order valence-corrected chi connectivity index (χ4v) is 4.87. The Hall–Kier alpha value is -5.46. The van der Waals surface area contributed by atoms with Crippen LogP contribution >= 0.6 is 0 Å². The smallest absolute Gasteiger partial charge is 0.341 e. The number of amides is 3. The van der Waals surface area contributed by atoms with E-state index in [4.69, 9.17) is 9.47 Å². The first-order chi connectivity index (χ1) is 20.3. The van der Waals surface area contributed by atoms with Gasteiger partial charge in [-0.2, -0.15) is 0 Å². The van der Waals surface area contributed by atoms with Crippen molar-refractivity contribution in [2.45, 2.75) is 18.7 Å². The maximum atomic E-state index is 14.9. The highest BCUT2D eigenvalue weighted by Gasteiger charge is 2.39. The van der Waals surface area contributed by atoms with Crippen LogP contribution in [-0.2, 0) is 11.3 Å². The zero-order chi connectivity index (χ0) is 29.2. The third-order valence-electron chi connectivity index (χ3n) is 7.02. The number of hydrogen-bond donors (Lipinski definition) is 4. The molecule has 3 aliphatic heterocycles. The second-order valence-corrected chi connectivity index (χ2v) is 9.90. The van der Waals surface area contributed by atoms with E-state index in [0.29, 0.717) is 22.6 Å². The lowest BCUT2D eigenvalue weighted by atomic mass is 10.0. The number of carbonyl (C=O) groups is 3. The summed E-state index contributed by atoms with van der Waals surface area (Å²) < 4.78 is 26.8. The first kappa shape index (κ1) is 26.7. The van der Waals surface area contributed by atoms with Crippen LogP contribution in [0, 0.1) is 5.82 Å². The van der Waals surface area contributed by atoms with Crippen LogP contribution in [-0.4, -0.2) is 69.6 Å². The van der Waals surface area contributed by atoms with Gasteiger partial charge in [-0.1, -0.05) is 30.3 Å². The zero-order valence-corrected chi connectivity index (χ0v) is 22.1. The molecule has 214 valence electrons. The Balaban J connectivity index is 1.34. The van der Waals surface area contributed by atoms with Crippen molar-refractivity contribution in [2.75, 3.05) is 19.7 Å². The van der Waals surface area contributed by atoms with Crippen molar-refractivity contribution >= 4 is 17.7 Å². The number of hydrogen-bond acceptors (Lipinski definition) is 7. The summed E-state index contributed by atoms with van der Waals surface area (Å²) in [6, 6.07) is 17.3. The van der Waals surface area contributed by atoms with Gasteiger partial charge in [0, 0.05) is 13.1 Å². The first-order valence-corrected chi connectivity index (χ1v) is 13.1. The molecule has 0 saturated carbocycles. The minimum Gasteiger partial charge on any atom is -0.486 e. The van der Waals surface area contributed by atoms with Gasteiger partial charge in [-0.05, 0) is 53.1 Å². The molecule has 1 saturated heterocycles. The molecule has 2 atom stereocenters. The van der Waals surface area contributed by atoms with Gasteiger partial charge in [-0.15, -0.1) is 5.10 Å². The van der Waals surface area contributed by atoms with Crippen molar-refractivity contribution in [2.24, 2.45) is 0 Å². The Bertz CT molecular complexity index is 1720. The molecule has 6 bridgehead atoms. The average Bonchev–Trinajstić information content (AvgIpc) is 3.61. The van der Waals surface area contributed by atoms with E-state index in [2.05, 4.69) is 25.8 Å². The summed E-state index contributed by atoms with van der Waals surface area (Å²) in [5, 5.41) is 11.5. The van der Waals surface area contributed by atoms with Gasteiger partial charge in [0.1, 0.15) is 23.4 Å². The highest BCUT2D eigenvalue weighted by molar-refractivity contribution is 5.96. The molecule has 1 fully saturated rings. The minimum atomic E-state index is -0.726. The van der Waals surface area contributed by atoms with Gasteiger partial charge in [-0.3, -0.25) is 19.4 Å². The van der Waals surface area contributed by atoms with Crippen molar-refractivity contribution in [3.05, 3.63) is 100.0 Å². The summed E-state index contributed by atoms with van der Waals surface area (Å²) in [6.45, 7) is 0.153. The maximum Gasteiger partial charge on any atom is 0.341 e. The fraction of sp³-hybridized carbons (Fsp3) is 0.207. The van der Waals surface area contributed by atoms with Gasteiger partial charge < -0.3 is 25.0 Å². The van der Waals surface area contributed by atoms with Crippen molar-refractivity contribution in [1.82, 2.24) is 30.7 Å². The van der Waals surface area contributed by atoms with Gasteiger partial charge in [-0.25, -0.2) is 14.3 Å². The molecule has 42 heavy (non-hydrogen) atoms. The molecular weight excluding hydrogens is 547 g/mol. The number of nitrogens with one attached hydrogen (secondary N) is 4. The van der Waals surface area contributed by atoms with Crippen LogP contribution in [0.1, 0.15) is 26.5 Å². The third-order valence-corrected chi connectivity index (χ3v) is 7.02. The molecule has 7 rings (SSSR count). The van der Waals surface area contributed by atoms with E-state index < -0.39 is 35.5 Å². The van der Waals surface area contributed by atoms with E-state index in [1.165, 1.54) is 17.0 Å². The Morgan fingerprint density at radius 2 is 1.76 bits per heavy atom. The number of likely N-dealkylation sites (tertiary alicyclic amines) is 1. The van der Waals surface area contributed by atoms with Crippen LogP contribution in [0.25, 0.3) is 11.1 Å². The summed E-state index contributed by atoms with van der Waals surface area (Å²) in [7, 11) is 0. The van der Waals surface area contributed by atoms with E-state index in [0.717, 1.165) is 5.56 Å². The normalized spacial score (nSPS) is 18.7. The molecule has 0 unspecified atom stereocenters. The number of ether oxygens (including phenoxy) is 2.